The third-order valence-electron chi connectivity index (χ3n) is 1.45. The van der Waals surface area contributed by atoms with Gasteiger partial charge in [-0.2, -0.15) is 0 Å². The van der Waals surface area contributed by atoms with Crippen LogP contribution in [0, 0.1) is 0 Å². The van der Waals surface area contributed by atoms with Crippen molar-refractivity contribution >= 4 is 5.97 Å². The zero-order valence-electron chi connectivity index (χ0n) is 6.82. The van der Waals surface area contributed by atoms with Gasteiger partial charge in [0.05, 0.1) is 17.8 Å². The molecule has 0 unspecified atom stereocenters. The first kappa shape index (κ1) is 8.64. The molecule has 1 aromatic heterocycles. The Balaban J connectivity index is 2.71. The van der Waals surface area contributed by atoms with Gasteiger partial charge >= 0.3 is 5.97 Å². The van der Waals surface area contributed by atoms with Gasteiger partial charge in [-0.3, -0.25) is 14.8 Å². The highest BCUT2D eigenvalue weighted by molar-refractivity contribution is 5.69. The first-order chi connectivity index (χ1) is 5.72. The van der Waals surface area contributed by atoms with Crippen LogP contribution in [0.4, 0.5) is 0 Å². The number of rotatable bonds is 3. The highest BCUT2D eigenvalue weighted by atomic mass is 16.4. The first-order valence-corrected chi connectivity index (χ1v) is 3.74. The summed E-state index contributed by atoms with van der Waals surface area (Å²) in [5.74, 6) is -0.881. The summed E-state index contributed by atoms with van der Waals surface area (Å²) < 4.78 is 0. The molecule has 0 fully saturated rings. The van der Waals surface area contributed by atoms with Gasteiger partial charge < -0.3 is 5.11 Å². The normalized spacial score (nSPS) is 9.75. The van der Waals surface area contributed by atoms with Crippen LogP contribution in [0.15, 0.2) is 12.4 Å². The van der Waals surface area contributed by atoms with Gasteiger partial charge in [-0.25, -0.2) is 0 Å². The van der Waals surface area contributed by atoms with Gasteiger partial charge in [0.2, 0.25) is 0 Å². The molecule has 0 aromatic carbocycles. The van der Waals surface area contributed by atoms with Crippen LogP contribution in [0.1, 0.15) is 18.3 Å². The summed E-state index contributed by atoms with van der Waals surface area (Å²) in [4.78, 5) is 18.2. The molecule has 12 heavy (non-hydrogen) atoms. The topological polar surface area (TPSA) is 63.1 Å². The van der Waals surface area contributed by atoms with Crippen molar-refractivity contribution in [3.8, 4) is 0 Å². The number of hydrogen-bond acceptors (Lipinski definition) is 3. The van der Waals surface area contributed by atoms with E-state index in [4.69, 9.17) is 5.11 Å². The lowest BCUT2D eigenvalue weighted by atomic mass is 10.3. The molecule has 1 aromatic rings. The molecule has 0 saturated carbocycles. The Kier molecular flexibility index (Phi) is 2.74. The summed E-state index contributed by atoms with van der Waals surface area (Å²) in [5.41, 5.74) is 1.38. The quantitative estimate of drug-likeness (QED) is 0.716. The molecule has 1 heterocycles. The molecule has 0 saturated heterocycles. The third kappa shape index (κ3) is 2.30. The Morgan fingerprint density at radius 3 is 2.42 bits per heavy atom. The van der Waals surface area contributed by atoms with E-state index in [0.29, 0.717) is 5.69 Å². The van der Waals surface area contributed by atoms with Crippen molar-refractivity contribution in [3.05, 3.63) is 23.8 Å². The van der Waals surface area contributed by atoms with Gasteiger partial charge in [0.15, 0.2) is 0 Å². The maximum Gasteiger partial charge on any atom is 0.309 e. The lowest BCUT2D eigenvalue weighted by molar-refractivity contribution is -0.136. The Hall–Kier alpha value is -1.45. The standard InChI is InChI=1S/C8H10N2O2/c1-2-6-4-10-7(5-9-6)3-8(11)12/h4-5H,2-3H2,1H3,(H,11,12). The number of carbonyl (C=O) groups is 1. The SMILES string of the molecule is CCc1cnc(CC(=O)O)cn1. The molecule has 0 spiro atoms. The van der Waals surface area contributed by atoms with Crippen LogP contribution in [0.25, 0.3) is 0 Å². The monoisotopic (exact) mass is 166 g/mol. The second kappa shape index (κ2) is 3.80. The minimum Gasteiger partial charge on any atom is -0.481 e. The van der Waals surface area contributed by atoms with Crippen LogP contribution >= 0.6 is 0 Å². The molecular formula is C8H10N2O2. The fraction of sp³-hybridized carbons (Fsp3) is 0.375. The summed E-state index contributed by atoms with van der Waals surface area (Å²) in [6.45, 7) is 1.97. The zero-order valence-corrected chi connectivity index (χ0v) is 6.82. The van der Waals surface area contributed by atoms with Crippen molar-refractivity contribution in [1.82, 2.24) is 9.97 Å². The fourth-order valence-electron chi connectivity index (χ4n) is 0.810. The van der Waals surface area contributed by atoms with Crippen molar-refractivity contribution < 1.29 is 9.90 Å². The van der Waals surface area contributed by atoms with Crippen LogP contribution in [-0.4, -0.2) is 21.0 Å². The molecule has 0 atom stereocenters. The second-order valence-corrected chi connectivity index (χ2v) is 2.42. The lowest BCUT2D eigenvalue weighted by Crippen LogP contribution is -2.03. The molecule has 1 rings (SSSR count). The van der Waals surface area contributed by atoms with Gasteiger partial charge in [-0.1, -0.05) is 6.92 Å². The van der Waals surface area contributed by atoms with Crippen LogP contribution < -0.4 is 0 Å². The number of aromatic nitrogens is 2. The predicted molar refractivity (Wildman–Crippen MR) is 42.7 cm³/mol. The van der Waals surface area contributed by atoms with E-state index in [9.17, 15) is 4.79 Å². The van der Waals surface area contributed by atoms with E-state index in [1.54, 1.807) is 6.20 Å². The van der Waals surface area contributed by atoms with Crippen LogP contribution in [0.3, 0.4) is 0 Å². The first-order valence-electron chi connectivity index (χ1n) is 3.74. The summed E-state index contributed by atoms with van der Waals surface area (Å²) in [5, 5.41) is 8.43. The predicted octanol–water partition coefficient (Wildman–Crippen LogP) is 0.666. The number of hydrogen-bond donors (Lipinski definition) is 1. The molecular weight excluding hydrogens is 156 g/mol. The molecule has 4 nitrogen and oxygen atoms in total. The third-order valence-corrected chi connectivity index (χ3v) is 1.45. The minimum absolute atomic E-state index is 0.0585. The van der Waals surface area contributed by atoms with E-state index in [-0.39, 0.29) is 6.42 Å². The Labute approximate surface area is 70.3 Å². The average Bonchev–Trinajstić information content (AvgIpc) is 2.05. The molecule has 1 N–H and O–H groups in total. The number of aliphatic carboxylic acids is 1. The number of carboxylic acid groups (broad SMARTS) is 1. The van der Waals surface area contributed by atoms with Gasteiger partial charge in [0.25, 0.3) is 0 Å². The van der Waals surface area contributed by atoms with Crippen molar-refractivity contribution in [2.24, 2.45) is 0 Å². The molecule has 0 aliphatic carbocycles. The number of carboxylic acids is 1. The molecule has 0 radical (unpaired) electrons. The number of aryl methyl sites for hydroxylation is 1. The zero-order chi connectivity index (χ0) is 8.97. The van der Waals surface area contributed by atoms with Gasteiger partial charge in [0, 0.05) is 12.4 Å². The van der Waals surface area contributed by atoms with E-state index in [1.807, 2.05) is 6.92 Å². The van der Waals surface area contributed by atoms with Crippen molar-refractivity contribution in [3.63, 3.8) is 0 Å². The van der Waals surface area contributed by atoms with Crippen LogP contribution in [-0.2, 0) is 17.6 Å². The smallest absolute Gasteiger partial charge is 0.309 e. The molecule has 0 aliphatic heterocycles. The Morgan fingerprint density at radius 1 is 1.42 bits per heavy atom. The van der Waals surface area contributed by atoms with Gasteiger partial charge in [-0.15, -0.1) is 0 Å². The second-order valence-electron chi connectivity index (χ2n) is 2.42. The largest absolute Gasteiger partial charge is 0.481 e. The Bertz CT molecular complexity index is 269. The maximum atomic E-state index is 10.3. The highest BCUT2D eigenvalue weighted by Gasteiger charge is 2.01. The highest BCUT2D eigenvalue weighted by Crippen LogP contribution is 1.96. The molecule has 64 valence electrons. The van der Waals surface area contributed by atoms with Crippen molar-refractivity contribution in [2.45, 2.75) is 19.8 Å². The van der Waals surface area contributed by atoms with E-state index < -0.39 is 5.97 Å². The van der Waals surface area contributed by atoms with Crippen LogP contribution in [0.5, 0.6) is 0 Å². The molecule has 0 amide bonds. The van der Waals surface area contributed by atoms with Crippen molar-refractivity contribution in [1.29, 1.82) is 0 Å². The van der Waals surface area contributed by atoms with E-state index >= 15 is 0 Å². The molecule has 4 heteroatoms. The summed E-state index contributed by atoms with van der Waals surface area (Å²) >= 11 is 0. The van der Waals surface area contributed by atoms with E-state index in [2.05, 4.69) is 9.97 Å². The van der Waals surface area contributed by atoms with Gasteiger partial charge in [0.1, 0.15) is 0 Å². The van der Waals surface area contributed by atoms with E-state index in [0.717, 1.165) is 12.1 Å². The minimum atomic E-state index is -0.881. The lowest BCUT2D eigenvalue weighted by Gasteiger charge is -1.96. The van der Waals surface area contributed by atoms with Crippen molar-refractivity contribution in [2.75, 3.05) is 0 Å². The summed E-state index contributed by atoms with van der Waals surface area (Å²) in [7, 11) is 0. The maximum absolute atomic E-state index is 10.3. The molecule has 0 aliphatic rings. The summed E-state index contributed by atoms with van der Waals surface area (Å²) in [6, 6.07) is 0. The number of nitrogens with zero attached hydrogens (tertiary/aromatic N) is 2. The van der Waals surface area contributed by atoms with E-state index in [1.165, 1.54) is 6.20 Å². The average molecular weight is 166 g/mol. The molecule has 0 bridgehead atoms. The van der Waals surface area contributed by atoms with Crippen LogP contribution in [0.2, 0.25) is 0 Å². The summed E-state index contributed by atoms with van der Waals surface area (Å²) in [6.07, 6.45) is 3.88. The fourth-order valence-corrected chi connectivity index (χ4v) is 0.810. The van der Waals surface area contributed by atoms with Gasteiger partial charge in [-0.05, 0) is 6.42 Å². The Morgan fingerprint density at radius 2 is 2.00 bits per heavy atom.